The molecule has 0 spiro atoms. The second kappa shape index (κ2) is 6.51. The van der Waals surface area contributed by atoms with E-state index in [2.05, 4.69) is 15.6 Å². The van der Waals surface area contributed by atoms with Crippen LogP contribution in [0.5, 0.6) is 0 Å². The van der Waals surface area contributed by atoms with Crippen LogP contribution in [0.2, 0.25) is 0 Å². The summed E-state index contributed by atoms with van der Waals surface area (Å²) in [5.74, 6) is -1.51. The van der Waals surface area contributed by atoms with Gasteiger partial charge in [0.1, 0.15) is 0 Å². The van der Waals surface area contributed by atoms with Crippen LogP contribution in [-0.4, -0.2) is 17.1 Å². The number of rotatable bonds is 2. The van der Waals surface area contributed by atoms with Crippen molar-refractivity contribution in [2.75, 3.05) is 11.1 Å². The zero-order valence-electron chi connectivity index (χ0n) is 12.8. The minimum absolute atomic E-state index is 0.221. The molecule has 0 saturated carbocycles. The maximum Gasteiger partial charge on any atom is 0.419 e. The predicted octanol–water partition coefficient (Wildman–Crippen LogP) is 3.56. The molecule has 0 fully saturated rings. The molecule has 1 unspecified atom stereocenters. The molecule has 0 bridgehead atoms. The zero-order chi connectivity index (χ0) is 18.2. The number of alkyl halides is 3. The Bertz CT molecular complexity index is 805. The van der Waals surface area contributed by atoms with Crippen molar-refractivity contribution in [1.82, 2.24) is 10.3 Å². The Labute approximate surface area is 144 Å². The normalized spacial score (nSPS) is 17.0. The van der Waals surface area contributed by atoms with Crippen molar-refractivity contribution in [3.8, 4) is 0 Å². The van der Waals surface area contributed by atoms with Crippen LogP contribution in [0.4, 0.5) is 33.2 Å². The number of carbonyl (C=O) groups excluding carboxylic acids is 1. The molecule has 134 valence electrons. The number of urea groups is 1. The molecule has 0 radical (unpaired) electrons. The molecule has 1 aromatic carbocycles. The lowest BCUT2D eigenvalue weighted by atomic mass is 9.98. The van der Waals surface area contributed by atoms with Gasteiger partial charge in [-0.1, -0.05) is 6.07 Å². The van der Waals surface area contributed by atoms with Crippen molar-refractivity contribution in [1.29, 1.82) is 0 Å². The van der Waals surface area contributed by atoms with Crippen LogP contribution in [0, 0.1) is 5.82 Å². The average molecular weight is 374 g/mol. The fourth-order valence-corrected chi connectivity index (χ4v) is 3.67. The van der Waals surface area contributed by atoms with Crippen molar-refractivity contribution in [3.05, 3.63) is 40.2 Å². The number of nitrogens with zero attached hydrogens (tertiary/aromatic N) is 1. The first-order valence-corrected chi connectivity index (χ1v) is 8.23. The highest BCUT2D eigenvalue weighted by Crippen LogP contribution is 2.34. The van der Waals surface area contributed by atoms with Crippen molar-refractivity contribution >= 4 is 28.2 Å². The number of nitrogen functional groups attached to an aromatic ring is 1. The van der Waals surface area contributed by atoms with E-state index in [1.807, 2.05) is 0 Å². The van der Waals surface area contributed by atoms with Gasteiger partial charge in [-0.25, -0.2) is 14.2 Å². The molecular weight excluding hydrogens is 360 g/mol. The summed E-state index contributed by atoms with van der Waals surface area (Å²) in [5, 5.41) is 5.24. The SMILES string of the molecule is Nc1nc2c(s1)CC(NC(=O)Nc1cccc(C(F)(F)F)c1F)CC2. The largest absolute Gasteiger partial charge is 0.419 e. The highest BCUT2D eigenvalue weighted by atomic mass is 32.1. The number of nitrogens with two attached hydrogens (primary N) is 1. The minimum atomic E-state index is -4.83. The summed E-state index contributed by atoms with van der Waals surface area (Å²) in [7, 11) is 0. The zero-order valence-corrected chi connectivity index (χ0v) is 13.6. The molecule has 2 amide bonds. The summed E-state index contributed by atoms with van der Waals surface area (Å²) in [6.07, 6.45) is -3.03. The van der Waals surface area contributed by atoms with Crippen LogP contribution >= 0.6 is 11.3 Å². The molecular formula is C15H14F4N4OS. The molecule has 1 atom stereocenters. The maximum absolute atomic E-state index is 13.9. The van der Waals surface area contributed by atoms with Gasteiger partial charge in [0.2, 0.25) is 0 Å². The summed E-state index contributed by atoms with van der Waals surface area (Å²) in [6.45, 7) is 0. The number of anilines is 2. The van der Waals surface area contributed by atoms with Gasteiger partial charge < -0.3 is 16.4 Å². The van der Waals surface area contributed by atoms with Gasteiger partial charge in [0.25, 0.3) is 0 Å². The van der Waals surface area contributed by atoms with Crippen molar-refractivity contribution in [3.63, 3.8) is 0 Å². The van der Waals surface area contributed by atoms with Crippen LogP contribution < -0.4 is 16.4 Å². The first-order chi connectivity index (χ1) is 11.7. The lowest BCUT2D eigenvalue weighted by molar-refractivity contribution is -0.139. The van der Waals surface area contributed by atoms with Crippen LogP contribution in [0.15, 0.2) is 18.2 Å². The maximum atomic E-state index is 13.9. The Morgan fingerprint density at radius 2 is 2.12 bits per heavy atom. The van der Waals surface area contributed by atoms with Gasteiger partial charge in [-0.15, -0.1) is 11.3 Å². The number of carbonyl (C=O) groups is 1. The van der Waals surface area contributed by atoms with Gasteiger partial charge >= 0.3 is 12.2 Å². The molecule has 4 N–H and O–H groups in total. The van der Waals surface area contributed by atoms with Crippen molar-refractivity contribution in [2.45, 2.75) is 31.5 Å². The van der Waals surface area contributed by atoms with Gasteiger partial charge in [-0.2, -0.15) is 13.2 Å². The first-order valence-electron chi connectivity index (χ1n) is 7.41. The molecule has 3 rings (SSSR count). The monoisotopic (exact) mass is 374 g/mol. The fourth-order valence-electron chi connectivity index (χ4n) is 2.71. The van der Waals surface area contributed by atoms with Gasteiger partial charge in [0, 0.05) is 17.3 Å². The number of hydrogen-bond donors (Lipinski definition) is 3. The first kappa shape index (κ1) is 17.5. The molecule has 10 heteroatoms. The van der Waals surface area contributed by atoms with Crippen molar-refractivity contribution in [2.24, 2.45) is 0 Å². The third-order valence-electron chi connectivity index (χ3n) is 3.84. The second-order valence-electron chi connectivity index (χ2n) is 5.63. The van der Waals surface area contributed by atoms with E-state index in [0.29, 0.717) is 30.5 Å². The van der Waals surface area contributed by atoms with E-state index in [9.17, 15) is 22.4 Å². The third-order valence-corrected chi connectivity index (χ3v) is 4.79. The van der Waals surface area contributed by atoms with E-state index in [-0.39, 0.29) is 6.04 Å². The quantitative estimate of drug-likeness (QED) is 0.703. The summed E-state index contributed by atoms with van der Waals surface area (Å²) < 4.78 is 52.0. The summed E-state index contributed by atoms with van der Waals surface area (Å²) >= 11 is 1.34. The summed E-state index contributed by atoms with van der Waals surface area (Å²) in [4.78, 5) is 17.2. The number of benzene rings is 1. The summed E-state index contributed by atoms with van der Waals surface area (Å²) in [5.41, 5.74) is 4.61. The van der Waals surface area contributed by atoms with Crippen LogP contribution in [-0.2, 0) is 19.0 Å². The number of thiazole rings is 1. The Balaban J connectivity index is 1.66. The van der Waals surface area contributed by atoms with Gasteiger partial charge in [0.05, 0.1) is 16.9 Å². The van der Waals surface area contributed by atoms with Gasteiger partial charge in [-0.3, -0.25) is 0 Å². The lowest BCUT2D eigenvalue weighted by Gasteiger charge is -2.22. The number of nitrogens with one attached hydrogen (secondary N) is 2. The molecule has 25 heavy (non-hydrogen) atoms. The van der Waals surface area contributed by atoms with E-state index in [1.54, 1.807) is 0 Å². The fraction of sp³-hybridized carbons (Fsp3) is 0.333. The van der Waals surface area contributed by atoms with Gasteiger partial charge in [0.15, 0.2) is 10.9 Å². The Morgan fingerprint density at radius 1 is 1.36 bits per heavy atom. The van der Waals surface area contributed by atoms with Crippen molar-refractivity contribution < 1.29 is 22.4 Å². The van der Waals surface area contributed by atoms with Crippen LogP contribution in [0.3, 0.4) is 0 Å². The van der Waals surface area contributed by atoms with Gasteiger partial charge in [-0.05, 0) is 25.0 Å². The Morgan fingerprint density at radius 3 is 2.84 bits per heavy atom. The number of hydrogen-bond acceptors (Lipinski definition) is 4. The number of aryl methyl sites for hydroxylation is 1. The van der Waals surface area contributed by atoms with E-state index in [4.69, 9.17) is 5.73 Å². The number of fused-ring (bicyclic) bond motifs is 1. The van der Waals surface area contributed by atoms with E-state index in [0.717, 1.165) is 22.7 Å². The highest BCUT2D eigenvalue weighted by molar-refractivity contribution is 7.15. The molecule has 5 nitrogen and oxygen atoms in total. The lowest BCUT2D eigenvalue weighted by Crippen LogP contribution is -2.41. The molecule has 1 aromatic heterocycles. The summed E-state index contributed by atoms with van der Waals surface area (Å²) in [6, 6.07) is 1.75. The van der Waals surface area contributed by atoms with E-state index < -0.39 is 29.3 Å². The molecule has 0 saturated heterocycles. The second-order valence-corrected chi connectivity index (χ2v) is 6.74. The number of amides is 2. The molecule has 0 aliphatic heterocycles. The Kier molecular flexibility index (Phi) is 4.55. The average Bonchev–Trinajstić information content (AvgIpc) is 2.87. The number of aromatic nitrogens is 1. The molecule has 2 aromatic rings. The third kappa shape index (κ3) is 3.84. The standard InChI is InChI=1S/C15H14F4N4OS/c16-12-8(15(17,18)19)2-1-3-10(12)23-14(24)21-7-4-5-9-11(6-7)25-13(20)22-9/h1-3,7H,4-6H2,(H2,20,22)(H2,21,23,24). The molecule has 1 aliphatic rings. The minimum Gasteiger partial charge on any atom is -0.375 e. The molecule has 1 aliphatic carbocycles. The Hall–Kier alpha value is -2.36. The van der Waals surface area contributed by atoms with Crippen LogP contribution in [0.25, 0.3) is 0 Å². The predicted molar refractivity (Wildman–Crippen MR) is 85.9 cm³/mol. The van der Waals surface area contributed by atoms with E-state index in [1.165, 1.54) is 11.3 Å². The topological polar surface area (TPSA) is 80.0 Å². The van der Waals surface area contributed by atoms with E-state index >= 15 is 0 Å². The smallest absolute Gasteiger partial charge is 0.375 e. The number of halogens is 4. The highest BCUT2D eigenvalue weighted by Gasteiger charge is 2.35. The molecule has 1 heterocycles. The van der Waals surface area contributed by atoms with Crippen LogP contribution in [0.1, 0.15) is 22.6 Å².